The lowest BCUT2D eigenvalue weighted by Gasteiger charge is -2.37. The molecule has 162 valence electrons. The lowest BCUT2D eigenvalue weighted by Crippen LogP contribution is -2.56. The molecule has 1 N–H and O–H groups in total. The van der Waals surface area contributed by atoms with Gasteiger partial charge in [0.05, 0.1) is 20.1 Å². The second kappa shape index (κ2) is 8.41. The Balaban J connectivity index is 1.39. The van der Waals surface area contributed by atoms with Crippen molar-refractivity contribution < 1.29 is 19.1 Å². The number of carbonyl (C=O) groups excluding carboxylic acids is 3. The topological polar surface area (TPSA) is 79.0 Å². The highest BCUT2D eigenvalue weighted by atomic mass is 16.5. The first kappa shape index (κ1) is 20.9. The van der Waals surface area contributed by atoms with Gasteiger partial charge in [-0.15, -0.1) is 0 Å². The quantitative estimate of drug-likeness (QED) is 0.753. The Bertz CT molecular complexity index is 994. The molecule has 7 heteroatoms. The molecule has 0 aliphatic carbocycles. The summed E-state index contributed by atoms with van der Waals surface area (Å²) < 4.78 is 5.33. The summed E-state index contributed by atoms with van der Waals surface area (Å²) in [6.07, 6.45) is 1.08. The predicted octanol–water partition coefficient (Wildman–Crippen LogP) is 2.66. The van der Waals surface area contributed by atoms with E-state index in [2.05, 4.69) is 5.32 Å². The van der Waals surface area contributed by atoms with Gasteiger partial charge in [0.2, 0.25) is 5.91 Å². The highest BCUT2D eigenvalue weighted by Gasteiger charge is 2.52. The number of nitrogens with one attached hydrogen (secondary N) is 1. The molecule has 2 aliphatic heterocycles. The fraction of sp³-hybridized carbons (Fsp3) is 0.375. The average Bonchev–Trinajstić information content (AvgIpc) is 3.00. The Kier molecular flexibility index (Phi) is 5.67. The standard InChI is InChI=1S/C24H27N3O4/c1-17-7-9-18(10-8-17)16-27-22(29)24(25-23(27)30)11-13-26(14-12-24)21(28)15-19-5-3-4-6-20(19)31-2/h3-10H,11-16H2,1-2H3,(H,25,30). The molecule has 2 aromatic carbocycles. The lowest BCUT2D eigenvalue weighted by molar-refractivity contribution is -0.138. The summed E-state index contributed by atoms with van der Waals surface area (Å²) >= 11 is 0. The number of carbonyl (C=O) groups is 3. The molecule has 4 amide bonds. The van der Waals surface area contributed by atoms with Gasteiger partial charge in [-0.1, -0.05) is 48.0 Å². The molecule has 31 heavy (non-hydrogen) atoms. The maximum atomic E-state index is 13.1. The van der Waals surface area contributed by atoms with Gasteiger partial charge in [-0.05, 0) is 31.4 Å². The van der Waals surface area contributed by atoms with E-state index in [9.17, 15) is 14.4 Å². The van der Waals surface area contributed by atoms with Crippen LogP contribution in [0.2, 0.25) is 0 Å². The van der Waals surface area contributed by atoms with Crippen LogP contribution in [0.15, 0.2) is 48.5 Å². The third-order valence-electron chi connectivity index (χ3n) is 6.21. The Hall–Kier alpha value is -3.35. The third-order valence-corrected chi connectivity index (χ3v) is 6.21. The molecular formula is C24H27N3O4. The summed E-state index contributed by atoms with van der Waals surface area (Å²) in [5.41, 5.74) is 1.96. The number of likely N-dealkylation sites (tertiary alicyclic amines) is 1. The number of piperidine rings is 1. The summed E-state index contributed by atoms with van der Waals surface area (Å²) in [4.78, 5) is 41.6. The Labute approximate surface area is 182 Å². The minimum absolute atomic E-state index is 0.00682. The Morgan fingerprint density at radius 3 is 2.42 bits per heavy atom. The molecule has 4 rings (SSSR count). The van der Waals surface area contributed by atoms with Crippen molar-refractivity contribution in [3.05, 3.63) is 65.2 Å². The van der Waals surface area contributed by atoms with Crippen molar-refractivity contribution in [2.75, 3.05) is 20.2 Å². The van der Waals surface area contributed by atoms with Crippen LogP contribution in [0.25, 0.3) is 0 Å². The van der Waals surface area contributed by atoms with Crippen LogP contribution >= 0.6 is 0 Å². The van der Waals surface area contributed by atoms with E-state index < -0.39 is 5.54 Å². The molecule has 2 aromatic rings. The number of benzene rings is 2. The van der Waals surface area contributed by atoms with Crippen LogP contribution in [0, 0.1) is 6.92 Å². The maximum Gasteiger partial charge on any atom is 0.325 e. The molecule has 0 unspecified atom stereocenters. The second-order valence-electron chi connectivity index (χ2n) is 8.26. The molecule has 2 aliphatic rings. The number of methoxy groups -OCH3 is 1. The molecule has 1 spiro atoms. The van der Waals surface area contributed by atoms with Crippen LogP contribution in [-0.4, -0.2) is 53.4 Å². The molecule has 0 radical (unpaired) electrons. The summed E-state index contributed by atoms with van der Waals surface area (Å²) in [6.45, 7) is 3.11. The zero-order valence-corrected chi connectivity index (χ0v) is 17.9. The van der Waals surface area contributed by atoms with Crippen LogP contribution in [0.4, 0.5) is 4.79 Å². The number of hydrogen-bond acceptors (Lipinski definition) is 4. The van der Waals surface area contributed by atoms with Gasteiger partial charge in [-0.2, -0.15) is 0 Å². The van der Waals surface area contributed by atoms with Gasteiger partial charge in [-0.25, -0.2) is 4.79 Å². The number of nitrogens with zero attached hydrogens (tertiary/aromatic N) is 2. The number of para-hydroxylation sites is 1. The lowest BCUT2D eigenvalue weighted by atomic mass is 9.87. The highest BCUT2D eigenvalue weighted by Crippen LogP contribution is 2.31. The molecule has 7 nitrogen and oxygen atoms in total. The van der Waals surface area contributed by atoms with Crippen LogP contribution in [0.3, 0.4) is 0 Å². The first-order valence-corrected chi connectivity index (χ1v) is 10.5. The smallest absolute Gasteiger partial charge is 0.325 e. The second-order valence-corrected chi connectivity index (χ2v) is 8.26. The summed E-state index contributed by atoms with van der Waals surface area (Å²) in [5, 5.41) is 2.91. The van der Waals surface area contributed by atoms with E-state index in [1.165, 1.54) is 4.90 Å². The minimum Gasteiger partial charge on any atom is -0.496 e. The van der Waals surface area contributed by atoms with Crippen molar-refractivity contribution >= 4 is 17.8 Å². The van der Waals surface area contributed by atoms with Crippen molar-refractivity contribution in [3.8, 4) is 5.75 Å². The van der Waals surface area contributed by atoms with E-state index in [0.717, 1.165) is 16.7 Å². The fourth-order valence-electron chi connectivity index (χ4n) is 4.30. The Morgan fingerprint density at radius 2 is 1.74 bits per heavy atom. The summed E-state index contributed by atoms with van der Waals surface area (Å²) in [5.74, 6) is 0.483. The number of urea groups is 1. The van der Waals surface area contributed by atoms with Crippen molar-refractivity contribution in [2.45, 2.75) is 38.3 Å². The molecule has 2 saturated heterocycles. The molecule has 0 bridgehead atoms. The first-order valence-electron chi connectivity index (χ1n) is 10.5. The van der Waals surface area contributed by atoms with Gasteiger partial charge in [-0.3, -0.25) is 14.5 Å². The van der Waals surface area contributed by atoms with Crippen LogP contribution in [-0.2, 0) is 22.6 Å². The zero-order chi connectivity index (χ0) is 22.0. The number of rotatable bonds is 5. The SMILES string of the molecule is COc1ccccc1CC(=O)N1CCC2(CC1)NC(=O)N(Cc1ccc(C)cc1)C2=O. The monoisotopic (exact) mass is 421 g/mol. The van der Waals surface area contributed by atoms with Gasteiger partial charge < -0.3 is 15.0 Å². The number of hydrogen-bond donors (Lipinski definition) is 1. The van der Waals surface area contributed by atoms with Crippen molar-refractivity contribution in [1.29, 1.82) is 0 Å². The van der Waals surface area contributed by atoms with Crippen molar-refractivity contribution in [3.63, 3.8) is 0 Å². The largest absolute Gasteiger partial charge is 0.496 e. The van der Waals surface area contributed by atoms with E-state index in [4.69, 9.17) is 4.74 Å². The zero-order valence-electron chi connectivity index (χ0n) is 17.9. The minimum atomic E-state index is -0.914. The van der Waals surface area contributed by atoms with Crippen LogP contribution in [0.5, 0.6) is 5.75 Å². The van der Waals surface area contributed by atoms with Crippen LogP contribution in [0.1, 0.15) is 29.5 Å². The first-order chi connectivity index (χ1) is 14.9. The van der Waals surface area contributed by atoms with E-state index in [0.29, 0.717) is 31.7 Å². The molecule has 0 saturated carbocycles. The van der Waals surface area contributed by atoms with Crippen molar-refractivity contribution in [1.82, 2.24) is 15.1 Å². The normalized spacial score (nSPS) is 17.7. The Morgan fingerprint density at radius 1 is 1.06 bits per heavy atom. The molecule has 0 atom stereocenters. The highest BCUT2D eigenvalue weighted by molar-refractivity contribution is 6.07. The summed E-state index contributed by atoms with van der Waals surface area (Å²) in [7, 11) is 1.59. The van der Waals surface area contributed by atoms with Gasteiger partial charge in [0.25, 0.3) is 5.91 Å². The van der Waals surface area contributed by atoms with E-state index >= 15 is 0 Å². The number of ether oxygens (including phenoxy) is 1. The van der Waals surface area contributed by atoms with Gasteiger partial charge in [0.1, 0.15) is 11.3 Å². The van der Waals surface area contributed by atoms with E-state index in [1.807, 2.05) is 55.5 Å². The molecule has 2 fully saturated rings. The van der Waals surface area contributed by atoms with Crippen LogP contribution < -0.4 is 10.1 Å². The fourth-order valence-corrected chi connectivity index (χ4v) is 4.30. The third kappa shape index (κ3) is 4.13. The number of imide groups is 1. The van der Waals surface area contributed by atoms with Gasteiger partial charge >= 0.3 is 6.03 Å². The average molecular weight is 421 g/mol. The summed E-state index contributed by atoms with van der Waals surface area (Å²) in [6, 6.07) is 14.9. The number of amides is 4. The maximum absolute atomic E-state index is 13.1. The molecular weight excluding hydrogens is 394 g/mol. The predicted molar refractivity (Wildman–Crippen MR) is 116 cm³/mol. The van der Waals surface area contributed by atoms with E-state index in [1.54, 1.807) is 12.0 Å². The molecule has 0 aromatic heterocycles. The number of aryl methyl sites for hydroxylation is 1. The van der Waals surface area contributed by atoms with Crippen molar-refractivity contribution in [2.24, 2.45) is 0 Å². The molecule has 2 heterocycles. The van der Waals surface area contributed by atoms with Gasteiger partial charge in [0.15, 0.2) is 0 Å². The van der Waals surface area contributed by atoms with E-state index in [-0.39, 0.29) is 30.8 Å². The van der Waals surface area contributed by atoms with Gasteiger partial charge in [0, 0.05) is 18.7 Å².